The number of aromatic amines is 1. The molecular formula is C16H14N2O5. The number of hydrogen-bond acceptors (Lipinski definition) is 5. The Hall–Kier alpha value is -2.93. The first kappa shape index (κ1) is 15.0. The summed E-state index contributed by atoms with van der Waals surface area (Å²) < 4.78 is 12.0. The van der Waals surface area contributed by atoms with Crippen molar-refractivity contribution in [2.75, 3.05) is 6.61 Å². The van der Waals surface area contributed by atoms with E-state index >= 15 is 0 Å². The van der Waals surface area contributed by atoms with Crippen LogP contribution in [-0.2, 0) is 9.47 Å². The Morgan fingerprint density at radius 2 is 1.96 bits per heavy atom. The molecule has 0 spiro atoms. The normalized spacial score (nSPS) is 19.7. The molecule has 1 aliphatic heterocycles. The molecule has 118 valence electrons. The van der Waals surface area contributed by atoms with E-state index < -0.39 is 29.6 Å². The summed E-state index contributed by atoms with van der Waals surface area (Å²) in [6, 6.07) is 9.88. The van der Waals surface area contributed by atoms with Crippen molar-refractivity contribution in [1.29, 1.82) is 0 Å². The molecule has 2 aromatic rings. The molecule has 23 heavy (non-hydrogen) atoms. The molecule has 0 amide bonds. The van der Waals surface area contributed by atoms with Gasteiger partial charge in [-0.15, -0.1) is 0 Å². The minimum absolute atomic E-state index is 0.0405. The topological polar surface area (TPSA) is 90.4 Å². The van der Waals surface area contributed by atoms with E-state index in [4.69, 9.17) is 9.47 Å². The molecule has 0 radical (unpaired) electrons. The van der Waals surface area contributed by atoms with Gasteiger partial charge < -0.3 is 9.47 Å². The van der Waals surface area contributed by atoms with Crippen LogP contribution in [0.5, 0.6) is 0 Å². The molecule has 7 heteroatoms. The fourth-order valence-electron chi connectivity index (χ4n) is 2.19. The van der Waals surface area contributed by atoms with Crippen LogP contribution >= 0.6 is 0 Å². The van der Waals surface area contributed by atoms with Gasteiger partial charge in [-0.25, -0.2) is 9.59 Å². The Kier molecular flexibility index (Phi) is 4.20. The number of ether oxygens (including phenoxy) is 2. The number of nitrogens with one attached hydrogen (secondary N) is 1. The lowest BCUT2D eigenvalue weighted by Crippen LogP contribution is -2.32. The predicted octanol–water partition coefficient (Wildman–Crippen LogP) is 0.847. The van der Waals surface area contributed by atoms with Gasteiger partial charge in [-0.1, -0.05) is 24.3 Å². The molecule has 0 bridgehead atoms. The third-order valence-corrected chi connectivity index (χ3v) is 3.32. The van der Waals surface area contributed by atoms with Gasteiger partial charge in [-0.05, 0) is 18.2 Å². The van der Waals surface area contributed by atoms with Gasteiger partial charge in [0, 0.05) is 12.3 Å². The molecule has 7 nitrogen and oxygen atoms in total. The molecule has 1 aromatic heterocycles. The lowest BCUT2D eigenvalue weighted by molar-refractivity contribution is -0.0223. The number of nitrogens with zero attached hydrogens (tertiary/aromatic N) is 1. The summed E-state index contributed by atoms with van der Waals surface area (Å²) in [7, 11) is 0. The highest BCUT2D eigenvalue weighted by molar-refractivity contribution is 5.89. The molecular weight excluding hydrogens is 300 g/mol. The van der Waals surface area contributed by atoms with Crippen LogP contribution in [0.2, 0.25) is 0 Å². The van der Waals surface area contributed by atoms with E-state index in [1.807, 2.05) is 6.07 Å². The highest BCUT2D eigenvalue weighted by Crippen LogP contribution is 2.19. The molecule has 3 rings (SSSR count). The largest absolute Gasteiger partial charge is 0.459 e. The second-order valence-corrected chi connectivity index (χ2v) is 4.93. The predicted molar refractivity (Wildman–Crippen MR) is 81.1 cm³/mol. The third-order valence-electron chi connectivity index (χ3n) is 3.32. The lowest BCUT2D eigenvalue weighted by atomic mass is 10.2. The maximum absolute atomic E-state index is 11.8. The van der Waals surface area contributed by atoms with Crippen molar-refractivity contribution in [3.63, 3.8) is 0 Å². The van der Waals surface area contributed by atoms with E-state index in [0.717, 1.165) is 0 Å². The molecule has 1 aromatic carbocycles. The van der Waals surface area contributed by atoms with E-state index in [1.165, 1.54) is 16.8 Å². The van der Waals surface area contributed by atoms with Crippen molar-refractivity contribution >= 4 is 5.97 Å². The minimum Gasteiger partial charge on any atom is -0.459 e. The number of esters is 1. The molecule has 2 heterocycles. The summed E-state index contributed by atoms with van der Waals surface area (Å²) >= 11 is 0. The SMILES string of the molecule is O=C(OC[C@H]1C=C[C@@H](n2ccc(=O)[nH]c2=O)O1)c1ccccc1. The van der Waals surface area contributed by atoms with Crippen molar-refractivity contribution in [3.8, 4) is 0 Å². The zero-order valence-corrected chi connectivity index (χ0v) is 12.0. The summed E-state index contributed by atoms with van der Waals surface area (Å²) in [6.45, 7) is 0.0405. The molecule has 0 saturated heterocycles. The van der Waals surface area contributed by atoms with Crippen LogP contribution in [0.25, 0.3) is 0 Å². The zero-order valence-electron chi connectivity index (χ0n) is 12.0. The van der Waals surface area contributed by atoms with Crippen LogP contribution < -0.4 is 11.2 Å². The quantitative estimate of drug-likeness (QED) is 0.667. The van der Waals surface area contributed by atoms with Crippen LogP contribution in [0, 0.1) is 0 Å². The van der Waals surface area contributed by atoms with E-state index in [-0.39, 0.29) is 6.61 Å². The molecule has 0 aliphatic carbocycles. The smallest absolute Gasteiger partial charge is 0.338 e. The van der Waals surface area contributed by atoms with Crippen molar-refractivity contribution in [3.05, 3.63) is 81.1 Å². The Morgan fingerprint density at radius 1 is 1.17 bits per heavy atom. The van der Waals surface area contributed by atoms with Crippen LogP contribution in [0.1, 0.15) is 16.6 Å². The van der Waals surface area contributed by atoms with Gasteiger partial charge in [0.15, 0.2) is 6.23 Å². The number of rotatable bonds is 4. The standard InChI is InChI=1S/C16H14N2O5/c19-13-8-9-18(16(21)17-13)14-7-6-12(23-14)10-22-15(20)11-4-2-1-3-5-11/h1-9,12,14H,10H2,(H,17,19,21)/t12-,14+/m1/s1. The first-order chi connectivity index (χ1) is 11.1. The second kappa shape index (κ2) is 6.45. The molecule has 1 aliphatic rings. The molecule has 2 atom stereocenters. The van der Waals surface area contributed by atoms with E-state index in [1.54, 1.807) is 36.4 Å². The highest BCUT2D eigenvalue weighted by Gasteiger charge is 2.22. The van der Waals surface area contributed by atoms with Gasteiger partial charge in [-0.3, -0.25) is 14.3 Å². The van der Waals surface area contributed by atoms with Gasteiger partial charge in [0.1, 0.15) is 12.7 Å². The van der Waals surface area contributed by atoms with E-state index in [0.29, 0.717) is 5.56 Å². The first-order valence-electron chi connectivity index (χ1n) is 7.01. The Bertz CT molecular complexity index is 837. The van der Waals surface area contributed by atoms with Crippen LogP contribution in [-0.4, -0.2) is 28.2 Å². The molecule has 0 saturated carbocycles. The monoisotopic (exact) mass is 314 g/mol. The third kappa shape index (κ3) is 3.46. The van der Waals surface area contributed by atoms with Gasteiger partial charge in [0.25, 0.3) is 5.56 Å². The fourth-order valence-corrected chi connectivity index (χ4v) is 2.19. The summed E-state index contributed by atoms with van der Waals surface area (Å²) in [5.41, 5.74) is -0.571. The lowest BCUT2D eigenvalue weighted by Gasteiger charge is -2.15. The van der Waals surface area contributed by atoms with Crippen molar-refractivity contribution in [2.24, 2.45) is 0 Å². The van der Waals surface area contributed by atoms with E-state index in [9.17, 15) is 14.4 Å². The van der Waals surface area contributed by atoms with Crippen LogP contribution in [0.15, 0.2) is 64.3 Å². The summed E-state index contributed by atoms with van der Waals surface area (Å²) in [5.74, 6) is -0.438. The number of carbonyl (C=O) groups excluding carboxylic acids is 1. The fraction of sp³-hybridized carbons (Fsp3) is 0.188. The van der Waals surface area contributed by atoms with Crippen LogP contribution in [0.4, 0.5) is 0 Å². The maximum atomic E-state index is 11.8. The maximum Gasteiger partial charge on any atom is 0.338 e. The zero-order chi connectivity index (χ0) is 16.2. The van der Waals surface area contributed by atoms with Crippen molar-refractivity contribution in [2.45, 2.75) is 12.3 Å². The first-order valence-corrected chi connectivity index (χ1v) is 7.01. The molecule has 0 fully saturated rings. The number of carbonyl (C=O) groups is 1. The second-order valence-electron chi connectivity index (χ2n) is 4.93. The average Bonchev–Trinajstić information content (AvgIpc) is 3.02. The number of H-pyrrole nitrogens is 1. The Morgan fingerprint density at radius 3 is 2.70 bits per heavy atom. The highest BCUT2D eigenvalue weighted by atomic mass is 16.6. The minimum atomic E-state index is -0.639. The number of hydrogen-bond donors (Lipinski definition) is 1. The molecule has 1 N–H and O–H groups in total. The Balaban J connectivity index is 1.58. The van der Waals surface area contributed by atoms with E-state index in [2.05, 4.69) is 4.98 Å². The summed E-state index contributed by atoms with van der Waals surface area (Å²) in [4.78, 5) is 36.7. The van der Waals surface area contributed by atoms with Crippen molar-refractivity contribution in [1.82, 2.24) is 9.55 Å². The summed E-state index contributed by atoms with van der Waals surface area (Å²) in [5, 5.41) is 0. The summed E-state index contributed by atoms with van der Waals surface area (Å²) in [6.07, 6.45) is 3.64. The average molecular weight is 314 g/mol. The molecule has 0 unspecified atom stereocenters. The number of aromatic nitrogens is 2. The Labute approximate surface area is 130 Å². The van der Waals surface area contributed by atoms with Gasteiger partial charge in [-0.2, -0.15) is 0 Å². The van der Waals surface area contributed by atoms with Crippen LogP contribution in [0.3, 0.4) is 0 Å². The van der Waals surface area contributed by atoms with Gasteiger partial charge >= 0.3 is 11.7 Å². The number of benzene rings is 1. The van der Waals surface area contributed by atoms with Crippen molar-refractivity contribution < 1.29 is 14.3 Å². The van der Waals surface area contributed by atoms with Gasteiger partial charge in [0.2, 0.25) is 0 Å². The van der Waals surface area contributed by atoms with Gasteiger partial charge in [0.05, 0.1) is 5.56 Å².